The number of nitrogens with one attached hydrogen (secondary N) is 1. The van der Waals surface area contributed by atoms with Gasteiger partial charge in [-0.1, -0.05) is 12.1 Å². The second-order valence-electron chi connectivity index (χ2n) is 3.74. The van der Waals surface area contributed by atoms with Crippen molar-refractivity contribution in [1.82, 2.24) is 15.5 Å². The van der Waals surface area contributed by atoms with Crippen LogP contribution in [0, 0.1) is 0 Å². The molecule has 1 aliphatic heterocycles. The van der Waals surface area contributed by atoms with Crippen LogP contribution in [0.2, 0.25) is 0 Å². The number of rotatable bonds is 5. The Morgan fingerprint density at radius 1 is 1.62 bits per heavy atom. The molecule has 1 aliphatic rings. The van der Waals surface area contributed by atoms with E-state index in [1.807, 2.05) is 0 Å². The largest absolute Gasteiger partial charge is 0.380 e. The summed E-state index contributed by atoms with van der Waals surface area (Å²) in [6.07, 6.45) is 1.16. The van der Waals surface area contributed by atoms with Gasteiger partial charge >= 0.3 is 0 Å². The van der Waals surface area contributed by atoms with Gasteiger partial charge in [0.1, 0.15) is 0 Å². The van der Waals surface area contributed by atoms with Crippen LogP contribution in [0.3, 0.4) is 0 Å². The maximum absolute atomic E-state index is 5.28. The number of ether oxygens (including phenoxy) is 1. The minimum atomic E-state index is 0.151. The van der Waals surface area contributed by atoms with Gasteiger partial charge in [-0.3, -0.25) is 0 Å². The number of thioether (sulfide) groups is 1. The quantitative estimate of drug-likeness (QED) is 0.843. The van der Waals surface area contributed by atoms with Crippen molar-refractivity contribution in [2.24, 2.45) is 0 Å². The van der Waals surface area contributed by atoms with Crippen molar-refractivity contribution in [3.05, 3.63) is 11.7 Å². The number of hydrogen-bond acceptors (Lipinski definition) is 6. The zero-order chi connectivity index (χ0) is 11.4. The molecule has 0 bridgehead atoms. The molecule has 0 saturated carbocycles. The van der Waals surface area contributed by atoms with E-state index in [0.717, 1.165) is 30.3 Å². The van der Waals surface area contributed by atoms with Crippen LogP contribution in [0.4, 0.5) is 0 Å². The highest BCUT2D eigenvalue weighted by Gasteiger charge is 2.29. The van der Waals surface area contributed by atoms with Crippen molar-refractivity contribution in [3.8, 4) is 0 Å². The van der Waals surface area contributed by atoms with Crippen LogP contribution in [-0.2, 0) is 10.5 Å². The van der Waals surface area contributed by atoms with E-state index >= 15 is 0 Å². The lowest BCUT2D eigenvalue weighted by molar-refractivity contribution is 0.116. The maximum atomic E-state index is 5.28. The van der Waals surface area contributed by atoms with E-state index < -0.39 is 0 Å². The van der Waals surface area contributed by atoms with Gasteiger partial charge in [0.2, 0.25) is 5.89 Å². The monoisotopic (exact) mass is 243 g/mol. The molecule has 2 unspecified atom stereocenters. The standard InChI is InChI=1S/C10H17N3O2S/c1-3-16-6-9-12-10(15-13-9)8-4-7(14-2)5-11-8/h7-8,11H,3-6H2,1-2H3. The summed E-state index contributed by atoms with van der Waals surface area (Å²) >= 11 is 1.79. The van der Waals surface area contributed by atoms with E-state index in [4.69, 9.17) is 9.26 Å². The van der Waals surface area contributed by atoms with E-state index in [9.17, 15) is 0 Å². The molecule has 1 N–H and O–H groups in total. The molecule has 0 amide bonds. The first kappa shape index (κ1) is 11.9. The average molecular weight is 243 g/mol. The number of hydrogen-bond donors (Lipinski definition) is 1. The van der Waals surface area contributed by atoms with Crippen LogP contribution in [-0.4, -0.2) is 35.7 Å². The van der Waals surface area contributed by atoms with E-state index in [-0.39, 0.29) is 12.1 Å². The molecule has 0 aromatic carbocycles. The minimum Gasteiger partial charge on any atom is -0.380 e. The third-order valence-corrected chi connectivity index (χ3v) is 3.51. The normalized spacial score (nSPS) is 25.1. The highest BCUT2D eigenvalue weighted by atomic mass is 32.2. The lowest BCUT2D eigenvalue weighted by Crippen LogP contribution is -2.16. The Morgan fingerprint density at radius 2 is 2.50 bits per heavy atom. The second kappa shape index (κ2) is 5.65. The zero-order valence-electron chi connectivity index (χ0n) is 9.60. The summed E-state index contributed by atoms with van der Waals surface area (Å²) < 4.78 is 10.5. The lowest BCUT2D eigenvalue weighted by Gasteiger charge is -2.04. The SMILES string of the molecule is CCSCc1noc(C2CC(OC)CN2)n1. The molecule has 2 rings (SSSR count). The molecule has 5 nitrogen and oxygen atoms in total. The summed E-state index contributed by atoms with van der Waals surface area (Å²) in [5.41, 5.74) is 0. The van der Waals surface area contributed by atoms with Crippen LogP contribution in [0.25, 0.3) is 0 Å². The highest BCUT2D eigenvalue weighted by molar-refractivity contribution is 7.98. The third kappa shape index (κ3) is 2.75. The number of methoxy groups -OCH3 is 1. The van der Waals surface area contributed by atoms with Gasteiger partial charge in [-0.05, 0) is 12.2 Å². The van der Waals surface area contributed by atoms with Gasteiger partial charge in [0.25, 0.3) is 0 Å². The average Bonchev–Trinajstić information content (AvgIpc) is 2.94. The van der Waals surface area contributed by atoms with Crippen LogP contribution >= 0.6 is 11.8 Å². The third-order valence-electron chi connectivity index (χ3n) is 2.64. The first-order valence-corrected chi connectivity index (χ1v) is 6.65. The first-order chi connectivity index (χ1) is 7.83. The summed E-state index contributed by atoms with van der Waals surface area (Å²) in [5, 5.41) is 7.28. The fourth-order valence-electron chi connectivity index (χ4n) is 1.73. The molecule has 0 spiro atoms. The zero-order valence-corrected chi connectivity index (χ0v) is 10.4. The van der Waals surface area contributed by atoms with E-state index in [0.29, 0.717) is 5.89 Å². The van der Waals surface area contributed by atoms with Crippen molar-refractivity contribution in [2.45, 2.75) is 31.2 Å². The topological polar surface area (TPSA) is 60.2 Å². The van der Waals surface area contributed by atoms with E-state index in [2.05, 4.69) is 22.4 Å². The minimum absolute atomic E-state index is 0.151. The van der Waals surface area contributed by atoms with Crippen molar-refractivity contribution in [2.75, 3.05) is 19.4 Å². The Bertz CT molecular complexity index is 332. The Labute approximate surface area is 99.3 Å². The summed E-state index contributed by atoms with van der Waals surface area (Å²) in [6, 6.07) is 0.151. The highest BCUT2D eigenvalue weighted by Crippen LogP contribution is 2.23. The predicted octanol–water partition coefficient (Wildman–Crippen LogP) is 1.37. The fourth-order valence-corrected chi connectivity index (χ4v) is 2.24. The van der Waals surface area contributed by atoms with Gasteiger partial charge in [0.15, 0.2) is 5.82 Å². The van der Waals surface area contributed by atoms with Crippen LogP contribution in [0.5, 0.6) is 0 Å². The summed E-state index contributed by atoms with van der Waals surface area (Å²) in [5.74, 6) is 3.35. The van der Waals surface area contributed by atoms with Crippen molar-refractivity contribution in [1.29, 1.82) is 0 Å². The second-order valence-corrected chi connectivity index (χ2v) is 5.01. The predicted molar refractivity (Wildman–Crippen MR) is 62.3 cm³/mol. The lowest BCUT2D eigenvalue weighted by atomic mass is 10.2. The first-order valence-electron chi connectivity index (χ1n) is 5.50. The Morgan fingerprint density at radius 3 is 3.19 bits per heavy atom. The van der Waals surface area contributed by atoms with Crippen LogP contribution < -0.4 is 5.32 Å². The molecule has 2 heterocycles. The van der Waals surface area contributed by atoms with Gasteiger partial charge in [-0.25, -0.2) is 0 Å². The maximum Gasteiger partial charge on any atom is 0.243 e. The summed E-state index contributed by atoms with van der Waals surface area (Å²) in [7, 11) is 1.73. The van der Waals surface area contributed by atoms with Crippen LogP contribution in [0.15, 0.2) is 4.52 Å². The Kier molecular flexibility index (Phi) is 4.20. The Balaban J connectivity index is 1.92. The molecule has 1 fully saturated rings. The molecular weight excluding hydrogens is 226 g/mol. The Hall–Kier alpha value is -0.590. The molecular formula is C10H17N3O2S. The van der Waals surface area contributed by atoms with Crippen molar-refractivity contribution < 1.29 is 9.26 Å². The van der Waals surface area contributed by atoms with Gasteiger partial charge in [-0.2, -0.15) is 16.7 Å². The van der Waals surface area contributed by atoms with Crippen molar-refractivity contribution >= 4 is 11.8 Å². The van der Waals surface area contributed by atoms with Crippen LogP contribution in [0.1, 0.15) is 31.1 Å². The smallest absolute Gasteiger partial charge is 0.243 e. The van der Waals surface area contributed by atoms with Gasteiger partial charge < -0.3 is 14.6 Å². The molecule has 0 aliphatic carbocycles. The molecule has 1 aromatic heterocycles. The molecule has 0 radical (unpaired) electrons. The molecule has 1 saturated heterocycles. The summed E-state index contributed by atoms with van der Waals surface area (Å²) in [4.78, 5) is 4.38. The molecule has 1 aromatic rings. The molecule has 16 heavy (non-hydrogen) atoms. The van der Waals surface area contributed by atoms with Crippen molar-refractivity contribution in [3.63, 3.8) is 0 Å². The molecule has 90 valence electrons. The van der Waals surface area contributed by atoms with Gasteiger partial charge in [0, 0.05) is 13.7 Å². The molecule has 2 atom stereocenters. The number of aromatic nitrogens is 2. The molecule has 6 heteroatoms. The fraction of sp³-hybridized carbons (Fsp3) is 0.800. The number of nitrogens with zero attached hydrogens (tertiary/aromatic N) is 2. The summed E-state index contributed by atoms with van der Waals surface area (Å²) in [6.45, 7) is 2.97. The van der Waals surface area contributed by atoms with Gasteiger partial charge in [0.05, 0.1) is 17.9 Å². The van der Waals surface area contributed by atoms with E-state index in [1.54, 1.807) is 18.9 Å². The van der Waals surface area contributed by atoms with Gasteiger partial charge in [-0.15, -0.1) is 0 Å². The van der Waals surface area contributed by atoms with E-state index in [1.165, 1.54) is 0 Å².